The van der Waals surface area contributed by atoms with Crippen molar-refractivity contribution in [1.29, 1.82) is 0 Å². The second-order valence-electron chi connectivity index (χ2n) is 9.28. The summed E-state index contributed by atoms with van der Waals surface area (Å²) in [5.74, 6) is 2.72. The Morgan fingerprint density at radius 3 is 2.78 bits per heavy atom. The molecule has 2 aromatic heterocycles. The molecule has 2 N–H and O–H groups in total. The number of nitrogens with zero attached hydrogens (tertiary/aromatic N) is 5. The molecule has 184 valence electrons. The van der Waals surface area contributed by atoms with Gasteiger partial charge >= 0.3 is 0 Å². The van der Waals surface area contributed by atoms with E-state index < -0.39 is 0 Å². The maximum absolute atomic E-state index is 13.6. The first-order valence-corrected chi connectivity index (χ1v) is 12.5. The van der Waals surface area contributed by atoms with E-state index >= 15 is 0 Å². The summed E-state index contributed by atoms with van der Waals surface area (Å²) in [6, 6.07) is 12.6. The highest BCUT2D eigenvalue weighted by Gasteiger charge is 2.29. The van der Waals surface area contributed by atoms with Gasteiger partial charge in [0.1, 0.15) is 35.2 Å². The molecule has 0 saturated heterocycles. The number of hydrogen-bond donors (Lipinski definition) is 2. The molecule has 0 amide bonds. The molecular formula is C27H28FN7O. The molecule has 9 heteroatoms. The smallest absolute Gasteiger partial charge is 0.229 e. The predicted octanol–water partition coefficient (Wildman–Crippen LogP) is 5.30. The minimum Gasteiger partial charge on any atom is -0.491 e. The molecule has 1 aliphatic heterocycles. The van der Waals surface area contributed by atoms with E-state index in [4.69, 9.17) is 14.7 Å². The van der Waals surface area contributed by atoms with Gasteiger partial charge in [0.2, 0.25) is 5.95 Å². The Kier molecular flexibility index (Phi) is 5.96. The zero-order valence-electron chi connectivity index (χ0n) is 20.2. The van der Waals surface area contributed by atoms with Crippen LogP contribution in [0.5, 0.6) is 5.75 Å². The Balaban J connectivity index is 1.39. The van der Waals surface area contributed by atoms with Gasteiger partial charge in [0.15, 0.2) is 0 Å². The Labute approximate surface area is 209 Å². The van der Waals surface area contributed by atoms with E-state index in [1.54, 1.807) is 11.0 Å². The molecule has 8 nitrogen and oxygen atoms in total. The van der Waals surface area contributed by atoms with Crippen molar-refractivity contribution < 1.29 is 9.13 Å². The third-order valence-electron chi connectivity index (χ3n) is 6.76. The molecule has 0 fully saturated rings. The highest BCUT2D eigenvalue weighted by atomic mass is 19.1. The molecule has 3 heterocycles. The summed E-state index contributed by atoms with van der Waals surface area (Å²) in [6.07, 6.45) is 6.53. The van der Waals surface area contributed by atoms with Crippen molar-refractivity contribution in [1.82, 2.24) is 24.7 Å². The van der Waals surface area contributed by atoms with Crippen LogP contribution in [0.15, 0.2) is 48.8 Å². The molecule has 0 spiro atoms. The van der Waals surface area contributed by atoms with Gasteiger partial charge < -0.3 is 15.4 Å². The number of aryl methyl sites for hydroxylation is 1. The summed E-state index contributed by atoms with van der Waals surface area (Å²) in [4.78, 5) is 14.1. The number of hydrogen-bond acceptors (Lipinski definition) is 7. The van der Waals surface area contributed by atoms with Crippen molar-refractivity contribution in [2.24, 2.45) is 0 Å². The second kappa shape index (κ2) is 9.56. The summed E-state index contributed by atoms with van der Waals surface area (Å²) >= 11 is 0. The number of halogens is 1. The van der Waals surface area contributed by atoms with E-state index in [2.05, 4.69) is 20.7 Å². The van der Waals surface area contributed by atoms with Crippen LogP contribution in [-0.4, -0.2) is 37.9 Å². The predicted molar refractivity (Wildman–Crippen MR) is 136 cm³/mol. The Bertz CT molecular complexity index is 1390. The Hall–Kier alpha value is -4.01. The molecule has 4 aromatic rings. The first kappa shape index (κ1) is 22.5. The van der Waals surface area contributed by atoms with Crippen LogP contribution in [0.1, 0.15) is 54.2 Å². The average Bonchev–Trinajstić information content (AvgIpc) is 3.50. The van der Waals surface area contributed by atoms with E-state index in [1.807, 2.05) is 37.3 Å². The van der Waals surface area contributed by atoms with Crippen molar-refractivity contribution in [3.05, 3.63) is 77.3 Å². The van der Waals surface area contributed by atoms with E-state index in [9.17, 15) is 4.39 Å². The topological polar surface area (TPSA) is 89.8 Å². The highest BCUT2D eigenvalue weighted by Crippen LogP contribution is 2.40. The maximum Gasteiger partial charge on any atom is 0.229 e. The molecule has 6 rings (SSSR count). The van der Waals surface area contributed by atoms with Crippen LogP contribution in [0.2, 0.25) is 0 Å². The van der Waals surface area contributed by atoms with Gasteiger partial charge in [-0.2, -0.15) is 10.1 Å². The summed E-state index contributed by atoms with van der Waals surface area (Å²) in [5.41, 5.74) is 4.89. The summed E-state index contributed by atoms with van der Waals surface area (Å²) < 4.78 is 21.5. The number of rotatable bonds is 2. The monoisotopic (exact) mass is 485 g/mol. The first-order chi connectivity index (χ1) is 17.6. The van der Waals surface area contributed by atoms with Crippen LogP contribution in [-0.2, 0) is 6.42 Å². The molecule has 2 aromatic carbocycles. The SMILES string of the molecule is Cc1ncn(-c2ccc3cc2OCCCCCNc2nc(nc4c2CCC4c2ccc(F)cc2)N3)n1. The highest BCUT2D eigenvalue weighted by molar-refractivity contribution is 5.64. The molecule has 0 saturated carbocycles. The van der Waals surface area contributed by atoms with Crippen molar-refractivity contribution in [3.8, 4) is 11.4 Å². The van der Waals surface area contributed by atoms with Crippen LogP contribution >= 0.6 is 0 Å². The van der Waals surface area contributed by atoms with Crippen LogP contribution in [0.3, 0.4) is 0 Å². The third-order valence-corrected chi connectivity index (χ3v) is 6.76. The van der Waals surface area contributed by atoms with E-state index in [0.29, 0.717) is 18.4 Å². The van der Waals surface area contributed by atoms with Crippen molar-refractivity contribution in [2.75, 3.05) is 23.8 Å². The van der Waals surface area contributed by atoms with E-state index in [1.165, 1.54) is 12.1 Å². The third kappa shape index (κ3) is 4.48. The van der Waals surface area contributed by atoms with Crippen LogP contribution in [0.25, 0.3) is 5.69 Å². The summed E-state index contributed by atoms with van der Waals surface area (Å²) in [7, 11) is 0. The van der Waals surface area contributed by atoms with Gasteiger partial charge in [-0.15, -0.1) is 0 Å². The molecule has 4 bridgehead atoms. The molecule has 2 aliphatic rings. The summed E-state index contributed by atoms with van der Waals surface area (Å²) in [5, 5.41) is 11.4. The average molecular weight is 486 g/mol. The molecule has 0 radical (unpaired) electrons. The largest absolute Gasteiger partial charge is 0.491 e. The number of benzene rings is 2. The Morgan fingerprint density at radius 2 is 1.94 bits per heavy atom. The first-order valence-electron chi connectivity index (χ1n) is 12.5. The maximum atomic E-state index is 13.6. The lowest BCUT2D eigenvalue weighted by Gasteiger charge is -2.18. The van der Waals surface area contributed by atoms with Gasteiger partial charge in [0, 0.05) is 29.8 Å². The van der Waals surface area contributed by atoms with Gasteiger partial charge in [-0.25, -0.2) is 19.0 Å². The summed E-state index contributed by atoms with van der Waals surface area (Å²) in [6.45, 7) is 3.32. The van der Waals surface area contributed by atoms with E-state index in [0.717, 1.165) is 78.4 Å². The number of ether oxygens (including phenoxy) is 1. The number of aromatic nitrogens is 5. The van der Waals surface area contributed by atoms with Gasteiger partial charge in [0.05, 0.1) is 12.3 Å². The zero-order chi connectivity index (χ0) is 24.5. The molecule has 1 aliphatic carbocycles. The minimum atomic E-state index is -0.228. The normalized spacial score (nSPS) is 17.3. The van der Waals surface area contributed by atoms with Crippen molar-refractivity contribution in [2.45, 2.75) is 44.9 Å². The van der Waals surface area contributed by atoms with Gasteiger partial charge in [-0.3, -0.25) is 0 Å². The van der Waals surface area contributed by atoms with Gasteiger partial charge in [-0.05, 0) is 68.9 Å². The second-order valence-corrected chi connectivity index (χ2v) is 9.28. The fourth-order valence-electron chi connectivity index (χ4n) is 4.96. The lowest BCUT2D eigenvalue weighted by molar-refractivity contribution is 0.304. The van der Waals surface area contributed by atoms with Crippen LogP contribution in [0.4, 0.5) is 21.8 Å². The quantitative estimate of drug-likeness (QED) is 0.398. The zero-order valence-corrected chi connectivity index (χ0v) is 20.2. The van der Waals surface area contributed by atoms with E-state index in [-0.39, 0.29) is 11.7 Å². The number of anilines is 3. The fraction of sp³-hybridized carbons (Fsp3) is 0.333. The minimum absolute atomic E-state index is 0.111. The van der Waals surface area contributed by atoms with Gasteiger partial charge in [-0.1, -0.05) is 12.1 Å². The van der Waals surface area contributed by atoms with Crippen molar-refractivity contribution in [3.63, 3.8) is 0 Å². The molecule has 1 unspecified atom stereocenters. The lowest BCUT2D eigenvalue weighted by Crippen LogP contribution is -2.12. The van der Waals surface area contributed by atoms with Crippen molar-refractivity contribution >= 4 is 17.5 Å². The number of nitrogens with one attached hydrogen (secondary N) is 2. The molecule has 36 heavy (non-hydrogen) atoms. The number of fused-ring (bicyclic) bond motifs is 6. The molecule has 1 atom stereocenters. The standard InChI is InChI=1S/C27H28FN7O/c1-17-30-16-35(34-17)23-12-9-20-15-24(23)36-14-4-2-3-13-29-26-22-11-10-21(18-5-7-19(28)8-6-18)25(22)32-27(31-20)33-26/h5-9,12,15-16,21H,2-4,10-11,13-14H2,1H3,(H2,29,31,32,33). The fourth-order valence-corrected chi connectivity index (χ4v) is 4.96. The van der Waals surface area contributed by atoms with Gasteiger partial charge in [0.25, 0.3) is 0 Å². The lowest BCUT2D eigenvalue weighted by atomic mass is 9.97. The van der Waals surface area contributed by atoms with Crippen LogP contribution in [0, 0.1) is 12.7 Å². The van der Waals surface area contributed by atoms with Crippen LogP contribution < -0.4 is 15.4 Å². The molecular weight excluding hydrogens is 457 g/mol. The Morgan fingerprint density at radius 1 is 1.06 bits per heavy atom.